The van der Waals surface area contributed by atoms with Gasteiger partial charge in [0.2, 0.25) is 0 Å². The van der Waals surface area contributed by atoms with Crippen LogP contribution < -0.4 is 0 Å². The van der Waals surface area contributed by atoms with Crippen LogP contribution in [0.5, 0.6) is 0 Å². The fourth-order valence-corrected chi connectivity index (χ4v) is 2.49. The molecule has 0 aliphatic carbocycles. The van der Waals surface area contributed by atoms with Gasteiger partial charge in [-0.05, 0) is 33.1 Å². The lowest BCUT2D eigenvalue weighted by Gasteiger charge is -2.34. The monoisotopic (exact) mass is 237 g/mol. The first-order valence-corrected chi connectivity index (χ1v) is 6.11. The summed E-state index contributed by atoms with van der Waals surface area (Å²) in [5, 5.41) is 9.33. The van der Waals surface area contributed by atoms with Gasteiger partial charge in [0.05, 0.1) is 24.5 Å². The lowest BCUT2D eigenvalue weighted by atomic mass is 10.0. The first-order valence-electron chi connectivity index (χ1n) is 6.11. The summed E-state index contributed by atoms with van der Waals surface area (Å²) in [5.41, 5.74) is 1.53. The molecule has 1 aliphatic rings. The van der Waals surface area contributed by atoms with Gasteiger partial charge < -0.3 is 14.4 Å². The number of carbonyl (C=O) groups is 1. The Labute approximate surface area is 101 Å². The van der Waals surface area contributed by atoms with Gasteiger partial charge in [-0.25, -0.2) is 0 Å². The first kappa shape index (κ1) is 12.2. The highest BCUT2D eigenvalue weighted by Crippen LogP contribution is 2.23. The molecule has 4 heteroatoms. The Balaban J connectivity index is 2.24. The van der Waals surface area contributed by atoms with Gasteiger partial charge in [-0.15, -0.1) is 0 Å². The van der Waals surface area contributed by atoms with Crippen LogP contribution in [-0.4, -0.2) is 35.1 Å². The van der Waals surface area contributed by atoms with E-state index >= 15 is 0 Å². The lowest BCUT2D eigenvalue weighted by Crippen LogP contribution is -2.45. The first-order chi connectivity index (χ1) is 8.15. The third-order valence-corrected chi connectivity index (χ3v) is 3.47. The second kappa shape index (κ2) is 4.92. The van der Waals surface area contributed by atoms with Crippen molar-refractivity contribution in [1.82, 2.24) is 4.90 Å². The summed E-state index contributed by atoms with van der Waals surface area (Å²) < 4.78 is 5.27. The number of hydrogen-bond donors (Lipinski definition) is 1. The quantitative estimate of drug-likeness (QED) is 0.854. The SMILES string of the molecule is Cc1coc(C)c1C(=O)N1CCCCC1CO. The molecule has 2 heterocycles. The van der Waals surface area contributed by atoms with Crippen LogP contribution in [0.2, 0.25) is 0 Å². The molecular weight excluding hydrogens is 218 g/mol. The van der Waals surface area contributed by atoms with Crippen LogP contribution in [0.4, 0.5) is 0 Å². The predicted molar refractivity (Wildman–Crippen MR) is 63.9 cm³/mol. The predicted octanol–water partition coefficient (Wildman–Crippen LogP) is 1.88. The number of furan rings is 1. The molecule has 1 fully saturated rings. The Kier molecular flexibility index (Phi) is 3.52. The van der Waals surface area contributed by atoms with E-state index in [0.29, 0.717) is 11.3 Å². The fourth-order valence-electron chi connectivity index (χ4n) is 2.49. The van der Waals surface area contributed by atoms with Crippen LogP contribution in [-0.2, 0) is 0 Å². The molecule has 1 N–H and O–H groups in total. The summed E-state index contributed by atoms with van der Waals surface area (Å²) in [6.45, 7) is 4.45. The summed E-state index contributed by atoms with van der Waals surface area (Å²) in [5.74, 6) is 0.655. The number of hydrogen-bond acceptors (Lipinski definition) is 3. The Morgan fingerprint density at radius 3 is 2.88 bits per heavy atom. The van der Waals surface area contributed by atoms with Gasteiger partial charge in [-0.1, -0.05) is 0 Å². The molecular formula is C13H19NO3. The van der Waals surface area contributed by atoms with Crippen LogP contribution >= 0.6 is 0 Å². The average molecular weight is 237 g/mol. The van der Waals surface area contributed by atoms with Crippen molar-refractivity contribution in [2.45, 2.75) is 39.2 Å². The summed E-state index contributed by atoms with van der Waals surface area (Å²) in [7, 11) is 0. The number of aliphatic hydroxyl groups is 1. The third-order valence-electron chi connectivity index (χ3n) is 3.47. The van der Waals surface area contributed by atoms with E-state index < -0.39 is 0 Å². The third kappa shape index (κ3) is 2.22. The molecule has 0 aromatic carbocycles. The normalized spacial score (nSPS) is 20.6. The molecule has 0 radical (unpaired) electrons. The molecule has 4 nitrogen and oxygen atoms in total. The zero-order chi connectivity index (χ0) is 12.4. The second-order valence-electron chi connectivity index (χ2n) is 4.68. The van der Waals surface area contributed by atoms with Crippen molar-refractivity contribution >= 4 is 5.91 Å². The van der Waals surface area contributed by atoms with Crippen LogP contribution in [0.15, 0.2) is 10.7 Å². The lowest BCUT2D eigenvalue weighted by molar-refractivity contribution is 0.0500. The molecule has 1 aromatic rings. The topological polar surface area (TPSA) is 53.7 Å². The molecule has 0 spiro atoms. The molecule has 1 aliphatic heterocycles. The van der Waals surface area contributed by atoms with E-state index in [1.54, 1.807) is 18.1 Å². The fraction of sp³-hybridized carbons (Fsp3) is 0.615. The largest absolute Gasteiger partial charge is 0.469 e. The number of rotatable bonds is 2. The van der Waals surface area contributed by atoms with E-state index in [2.05, 4.69) is 0 Å². The molecule has 1 aromatic heterocycles. The number of piperidine rings is 1. The van der Waals surface area contributed by atoms with Gasteiger partial charge in [-0.2, -0.15) is 0 Å². The van der Waals surface area contributed by atoms with E-state index in [4.69, 9.17) is 4.42 Å². The van der Waals surface area contributed by atoms with E-state index in [-0.39, 0.29) is 18.6 Å². The number of aryl methyl sites for hydroxylation is 2. The van der Waals surface area contributed by atoms with Crippen LogP contribution in [0.25, 0.3) is 0 Å². The molecule has 17 heavy (non-hydrogen) atoms. The number of aliphatic hydroxyl groups excluding tert-OH is 1. The smallest absolute Gasteiger partial charge is 0.257 e. The summed E-state index contributed by atoms with van der Waals surface area (Å²) in [4.78, 5) is 14.2. The van der Waals surface area contributed by atoms with Crippen LogP contribution in [0.3, 0.4) is 0 Å². The highest BCUT2D eigenvalue weighted by molar-refractivity contribution is 5.96. The standard InChI is InChI=1S/C13H19NO3/c1-9-8-17-10(2)12(9)13(16)14-6-4-3-5-11(14)7-15/h8,11,15H,3-7H2,1-2H3. The Morgan fingerprint density at radius 1 is 1.53 bits per heavy atom. The van der Waals surface area contributed by atoms with Crippen LogP contribution in [0, 0.1) is 13.8 Å². The van der Waals surface area contributed by atoms with E-state index in [1.165, 1.54) is 0 Å². The zero-order valence-corrected chi connectivity index (χ0v) is 10.4. The molecule has 1 atom stereocenters. The van der Waals surface area contributed by atoms with Gasteiger partial charge >= 0.3 is 0 Å². The maximum absolute atomic E-state index is 12.4. The Hall–Kier alpha value is -1.29. The summed E-state index contributed by atoms with van der Waals surface area (Å²) in [6.07, 6.45) is 4.59. The summed E-state index contributed by atoms with van der Waals surface area (Å²) in [6, 6.07) is -0.0371. The molecule has 1 saturated heterocycles. The van der Waals surface area contributed by atoms with Crippen LogP contribution in [0.1, 0.15) is 40.9 Å². The van der Waals surface area contributed by atoms with E-state index in [0.717, 1.165) is 31.4 Å². The summed E-state index contributed by atoms with van der Waals surface area (Å²) >= 11 is 0. The number of likely N-dealkylation sites (tertiary alicyclic amines) is 1. The minimum Gasteiger partial charge on any atom is -0.469 e. The van der Waals surface area contributed by atoms with Gasteiger partial charge in [-0.3, -0.25) is 4.79 Å². The zero-order valence-electron chi connectivity index (χ0n) is 10.4. The van der Waals surface area contributed by atoms with E-state index in [9.17, 15) is 9.90 Å². The molecule has 1 amide bonds. The molecule has 0 bridgehead atoms. The highest BCUT2D eigenvalue weighted by atomic mass is 16.3. The van der Waals surface area contributed by atoms with Crippen molar-refractivity contribution in [2.24, 2.45) is 0 Å². The van der Waals surface area contributed by atoms with Crippen molar-refractivity contribution in [1.29, 1.82) is 0 Å². The number of amides is 1. The maximum Gasteiger partial charge on any atom is 0.257 e. The van der Waals surface area contributed by atoms with Crippen molar-refractivity contribution < 1.29 is 14.3 Å². The maximum atomic E-state index is 12.4. The van der Waals surface area contributed by atoms with Crippen molar-refractivity contribution in [3.63, 3.8) is 0 Å². The minimum absolute atomic E-state index is 0.00694. The molecule has 2 rings (SSSR count). The minimum atomic E-state index is -0.0371. The van der Waals surface area contributed by atoms with Gasteiger partial charge in [0, 0.05) is 12.1 Å². The highest BCUT2D eigenvalue weighted by Gasteiger charge is 2.29. The van der Waals surface area contributed by atoms with E-state index in [1.807, 2.05) is 6.92 Å². The van der Waals surface area contributed by atoms with Gasteiger partial charge in [0.15, 0.2) is 0 Å². The second-order valence-corrected chi connectivity index (χ2v) is 4.68. The van der Waals surface area contributed by atoms with Crippen molar-refractivity contribution in [2.75, 3.05) is 13.2 Å². The van der Waals surface area contributed by atoms with Crippen molar-refractivity contribution in [3.8, 4) is 0 Å². The number of carbonyl (C=O) groups excluding carboxylic acids is 1. The molecule has 0 saturated carbocycles. The average Bonchev–Trinajstić information content (AvgIpc) is 2.68. The molecule has 1 unspecified atom stereocenters. The van der Waals surface area contributed by atoms with Gasteiger partial charge in [0.1, 0.15) is 5.76 Å². The van der Waals surface area contributed by atoms with Crippen molar-refractivity contribution in [3.05, 3.63) is 23.2 Å². The molecule has 94 valence electrons. The Bertz CT molecular complexity index is 391. The number of nitrogens with zero attached hydrogens (tertiary/aromatic N) is 1. The Morgan fingerprint density at radius 2 is 2.29 bits per heavy atom. The van der Waals surface area contributed by atoms with Gasteiger partial charge in [0.25, 0.3) is 5.91 Å².